The number of aromatic nitrogens is 1. The van der Waals surface area contributed by atoms with E-state index in [0.717, 1.165) is 29.0 Å². The molecular formula is C22H22N4O3S. The van der Waals surface area contributed by atoms with Gasteiger partial charge in [0, 0.05) is 54.7 Å². The van der Waals surface area contributed by atoms with Crippen LogP contribution in [-0.2, 0) is 21.1 Å². The Hall–Kier alpha value is -3.39. The Bertz CT molecular complexity index is 1220. The van der Waals surface area contributed by atoms with Crippen LogP contribution >= 0.6 is 0 Å². The molecule has 154 valence electrons. The summed E-state index contributed by atoms with van der Waals surface area (Å²) < 4.78 is 23.5. The summed E-state index contributed by atoms with van der Waals surface area (Å²) in [6, 6.07) is 16.3. The number of amides is 1. The predicted molar refractivity (Wildman–Crippen MR) is 119 cm³/mol. The van der Waals surface area contributed by atoms with Crippen LogP contribution in [0.4, 0.5) is 28.6 Å². The van der Waals surface area contributed by atoms with E-state index in [0.29, 0.717) is 18.1 Å². The summed E-state index contributed by atoms with van der Waals surface area (Å²) >= 11 is 0. The van der Waals surface area contributed by atoms with Crippen molar-refractivity contribution in [2.24, 2.45) is 0 Å². The molecule has 0 spiro atoms. The van der Waals surface area contributed by atoms with Crippen molar-refractivity contribution in [2.75, 3.05) is 28.3 Å². The maximum Gasteiger partial charge on any atom is 0.223 e. The van der Waals surface area contributed by atoms with E-state index in [2.05, 4.69) is 15.6 Å². The highest BCUT2D eigenvalue weighted by Gasteiger charge is 2.22. The lowest BCUT2D eigenvalue weighted by Gasteiger charge is -2.15. The fraction of sp³-hybridized carbons (Fsp3) is 0.182. The summed E-state index contributed by atoms with van der Waals surface area (Å²) in [7, 11) is -3.27. The van der Waals surface area contributed by atoms with Gasteiger partial charge in [-0.1, -0.05) is 6.07 Å². The lowest BCUT2D eigenvalue weighted by Crippen LogP contribution is -2.25. The zero-order valence-corrected chi connectivity index (χ0v) is 17.5. The smallest absolute Gasteiger partial charge is 0.223 e. The molecule has 2 N–H and O–H groups in total. The van der Waals surface area contributed by atoms with Crippen LogP contribution in [0.3, 0.4) is 0 Å². The Labute approximate surface area is 175 Å². The van der Waals surface area contributed by atoms with Crippen molar-refractivity contribution in [1.29, 1.82) is 0 Å². The lowest BCUT2D eigenvalue weighted by atomic mass is 10.1. The average Bonchev–Trinajstić information content (AvgIpc) is 3.11. The Morgan fingerprint density at radius 1 is 1.00 bits per heavy atom. The molecule has 0 fully saturated rings. The molecule has 2 heterocycles. The van der Waals surface area contributed by atoms with Crippen LogP contribution in [0, 0.1) is 0 Å². The highest BCUT2D eigenvalue weighted by molar-refractivity contribution is 7.90. The fourth-order valence-electron chi connectivity index (χ4n) is 3.50. The SMILES string of the molecule is CC(=O)N1CCc2cc(Nc3cc(Nc4cccc(S(C)(=O)=O)c4)ccn3)ccc21. The number of rotatable bonds is 5. The normalized spacial score (nSPS) is 13.1. The second kappa shape index (κ2) is 7.79. The van der Waals surface area contributed by atoms with E-state index in [-0.39, 0.29) is 10.8 Å². The van der Waals surface area contributed by atoms with Gasteiger partial charge in [-0.25, -0.2) is 13.4 Å². The van der Waals surface area contributed by atoms with Gasteiger partial charge in [-0.15, -0.1) is 0 Å². The van der Waals surface area contributed by atoms with Crippen LogP contribution < -0.4 is 15.5 Å². The minimum Gasteiger partial charge on any atom is -0.355 e. The third-order valence-electron chi connectivity index (χ3n) is 4.94. The van der Waals surface area contributed by atoms with Crippen molar-refractivity contribution in [3.8, 4) is 0 Å². The van der Waals surface area contributed by atoms with Crippen molar-refractivity contribution in [1.82, 2.24) is 4.98 Å². The molecule has 0 saturated carbocycles. The number of fused-ring (bicyclic) bond motifs is 1. The van der Waals surface area contributed by atoms with E-state index in [1.165, 1.54) is 6.26 Å². The van der Waals surface area contributed by atoms with Gasteiger partial charge in [0.05, 0.1) is 4.90 Å². The number of hydrogen-bond acceptors (Lipinski definition) is 6. The molecule has 30 heavy (non-hydrogen) atoms. The van der Waals surface area contributed by atoms with Gasteiger partial charge in [-0.05, 0) is 54.4 Å². The quantitative estimate of drug-likeness (QED) is 0.648. The number of pyridine rings is 1. The van der Waals surface area contributed by atoms with Gasteiger partial charge < -0.3 is 15.5 Å². The molecule has 4 rings (SSSR count). The van der Waals surface area contributed by atoms with Gasteiger partial charge in [-0.3, -0.25) is 4.79 Å². The molecule has 2 aromatic carbocycles. The molecule has 0 bridgehead atoms. The number of nitrogens with zero attached hydrogens (tertiary/aromatic N) is 2. The first-order valence-electron chi connectivity index (χ1n) is 9.51. The minimum atomic E-state index is -3.27. The van der Waals surface area contributed by atoms with Crippen molar-refractivity contribution in [3.63, 3.8) is 0 Å². The summed E-state index contributed by atoms with van der Waals surface area (Å²) in [6.07, 6.45) is 3.69. The monoisotopic (exact) mass is 422 g/mol. The predicted octanol–water partition coefficient (Wildman–Crippen LogP) is 3.88. The van der Waals surface area contributed by atoms with E-state index in [1.54, 1.807) is 36.2 Å². The molecule has 1 aliphatic rings. The van der Waals surface area contributed by atoms with Crippen LogP contribution in [0.5, 0.6) is 0 Å². The summed E-state index contributed by atoms with van der Waals surface area (Å²) in [6.45, 7) is 2.29. The van der Waals surface area contributed by atoms with Crippen molar-refractivity contribution < 1.29 is 13.2 Å². The molecule has 0 unspecified atom stereocenters. The number of hydrogen-bond donors (Lipinski definition) is 2. The Kier molecular flexibility index (Phi) is 5.17. The molecule has 1 aliphatic heterocycles. The van der Waals surface area contributed by atoms with Gasteiger partial charge >= 0.3 is 0 Å². The summed E-state index contributed by atoms with van der Waals surface area (Å²) in [5.41, 5.74) is 4.44. The Balaban J connectivity index is 1.52. The zero-order valence-electron chi connectivity index (χ0n) is 16.7. The first-order chi connectivity index (χ1) is 14.3. The number of carbonyl (C=O) groups is 1. The van der Waals surface area contributed by atoms with E-state index in [9.17, 15) is 13.2 Å². The molecule has 0 aliphatic carbocycles. The number of sulfone groups is 1. The second-order valence-electron chi connectivity index (χ2n) is 7.24. The lowest BCUT2D eigenvalue weighted by molar-refractivity contribution is -0.116. The second-order valence-corrected chi connectivity index (χ2v) is 9.26. The summed E-state index contributed by atoms with van der Waals surface area (Å²) in [4.78, 5) is 18.1. The molecule has 0 atom stereocenters. The van der Waals surface area contributed by atoms with Crippen LogP contribution in [-0.4, -0.2) is 32.1 Å². The molecule has 0 radical (unpaired) electrons. The Morgan fingerprint density at radius 2 is 1.77 bits per heavy atom. The largest absolute Gasteiger partial charge is 0.355 e. The zero-order chi connectivity index (χ0) is 21.3. The number of nitrogens with one attached hydrogen (secondary N) is 2. The number of benzene rings is 2. The van der Waals surface area contributed by atoms with Crippen molar-refractivity contribution in [2.45, 2.75) is 18.2 Å². The van der Waals surface area contributed by atoms with E-state index >= 15 is 0 Å². The molecule has 1 amide bonds. The third kappa shape index (κ3) is 4.28. The van der Waals surface area contributed by atoms with Crippen LogP contribution in [0.25, 0.3) is 0 Å². The maximum absolute atomic E-state index is 11.8. The first kappa shape index (κ1) is 19.9. The van der Waals surface area contributed by atoms with Crippen LogP contribution in [0.2, 0.25) is 0 Å². The third-order valence-corrected chi connectivity index (χ3v) is 6.05. The van der Waals surface area contributed by atoms with Crippen LogP contribution in [0.15, 0.2) is 65.7 Å². The first-order valence-corrected chi connectivity index (χ1v) is 11.4. The molecular weight excluding hydrogens is 400 g/mol. The molecule has 1 aromatic heterocycles. The summed E-state index contributed by atoms with van der Waals surface area (Å²) in [5.74, 6) is 0.704. The van der Waals surface area contributed by atoms with Crippen molar-refractivity contribution >= 4 is 44.3 Å². The van der Waals surface area contributed by atoms with Gasteiger partial charge in [-0.2, -0.15) is 0 Å². The molecule has 8 heteroatoms. The van der Waals surface area contributed by atoms with E-state index in [1.807, 2.05) is 36.4 Å². The van der Waals surface area contributed by atoms with E-state index in [4.69, 9.17) is 0 Å². The topological polar surface area (TPSA) is 91.4 Å². The van der Waals surface area contributed by atoms with Crippen molar-refractivity contribution in [3.05, 3.63) is 66.4 Å². The van der Waals surface area contributed by atoms with Crippen LogP contribution in [0.1, 0.15) is 12.5 Å². The molecule has 0 saturated heterocycles. The molecule has 7 nitrogen and oxygen atoms in total. The highest BCUT2D eigenvalue weighted by atomic mass is 32.2. The fourth-order valence-corrected chi connectivity index (χ4v) is 4.17. The minimum absolute atomic E-state index is 0.0508. The highest BCUT2D eigenvalue weighted by Crippen LogP contribution is 2.31. The number of anilines is 5. The molecule has 3 aromatic rings. The van der Waals surface area contributed by atoms with Gasteiger partial charge in [0.1, 0.15) is 5.82 Å². The Morgan fingerprint density at radius 3 is 2.53 bits per heavy atom. The number of carbonyl (C=O) groups excluding carboxylic acids is 1. The standard InChI is InChI=1S/C22H22N4O3S/c1-15(27)26-11-9-16-12-18(6-7-21(16)26)25-22-14-19(8-10-23-22)24-17-4-3-5-20(13-17)30(2,28)29/h3-8,10,12-14H,9,11H2,1-2H3,(H2,23,24,25). The summed E-state index contributed by atoms with van der Waals surface area (Å²) in [5, 5.41) is 6.50. The van der Waals surface area contributed by atoms with Gasteiger partial charge in [0.25, 0.3) is 0 Å². The average molecular weight is 423 g/mol. The van der Waals surface area contributed by atoms with Gasteiger partial charge in [0.2, 0.25) is 5.91 Å². The van der Waals surface area contributed by atoms with E-state index < -0.39 is 9.84 Å². The maximum atomic E-state index is 11.8. The van der Waals surface area contributed by atoms with Gasteiger partial charge in [0.15, 0.2) is 9.84 Å².